The summed E-state index contributed by atoms with van der Waals surface area (Å²) < 4.78 is 0. The fraction of sp³-hybridized carbons (Fsp3) is 1.00. The van der Waals surface area contributed by atoms with Gasteiger partial charge in [-0.2, -0.15) is 0 Å². The van der Waals surface area contributed by atoms with E-state index in [0.29, 0.717) is 0 Å². The molecule has 1 rings (SSSR count). The minimum absolute atomic E-state index is 0.796. The molecule has 0 radical (unpaired) electrons. The summed E-state index contributed by atoms with van der Waals surface area (Å²) in [4.78, 5) is 5.02. The standard InChI is InChI=1S/C11H25N3/c1-3-14-9-5-11(6-10-14)13(2)8-4-7-12/h11H,3-10,12H2,1-2H3. The first kappa shape index (κ1) is 12.0. The van der Waals surface area contributed by atoms with E-state index in [2.05, 4.69) is 23.8 Å². The normalized spacial score (nSPS) is 20.6. The van der Waals surface area contributed by atoms with Crippen molar-refractivity contribution in [1.29, 1.82) is 0 Å². The first-order chi connectivity index (χ1) is 6.77. The van der Waals surface area contributed by atoms with Crippen LogP contribution in [0.2, 0.25) is 0 Å². The van der Waals surface area contributed by atoms with E-state index in [4.69, 9.17) is 5.73 Å². The number of nitrogens with zero attached hydrogens (tertiary/aromatic N) is 2. The molecule has 2 N–H and O–H groups in total. The van der Waals surface area contributed by atoms with Crippen LogP contribution in [0.15, 0.2) is 0 Å². The first-order valence-corrected chi connectivity index (χ1v) is 5.90. The molecule has 1 saturated heterocycles. The zero-order valence-electron chi connectivity index (χ0n) is 9.71. The van der Waals surface area contributed by atoms with Crippen LogP contribution in [0, 0.1) is 0 Å². The zero-order chi connectivity index (χ0) is 10.4. The van der Waals surface area contributed by atoms with Crippen molar-refractivity contribution in [2.75, 3.05) is 39.8 Å². The van der Waals surface area contributed by atoms with Crippen LogP contribution in [0.25, 0.3) is 0 Å². The highest BCUT2D eigenvalue weighted by Crippen LogP contribution is 2.14. The van der Waals surface area contributed by atoms with Gasteiger partial charge < -0.3 is 15.5 Å². The van der Waals surface area contributed by atoms with E-state index < -0.39 is 0 Å². The number of nitrogens with two attached hydrogens (primary N) is 1. The van der Waals surface area contributed by atoms with Gasteiger partial charge in [0.25, 0.3) is 0 Å². The van der Waals surface area contributed by atoms with E-state index in [0.717, 1.165) is 25.6 Å². The lowest BCUT2D eigenvalue weighted by Gasteiger charge is -2.36. The fourth-order valence-electron chi connectivity index (χ4n) is 2.20. The molecular formula is C11H25N3. The van der Waals surface area contributed by atoms with Gasteiger partial charge in [0.05, 0.1) is 0 Å². The van der Waals surface area contributed by atoms with E-state index >= 15 is 0 Å². The molecule has 0 unspecified atom stereocenters. The Morgan fingerprint density at radius 1 is 1.36 bits per heavy atom. The van der Waals surface area contributed by atoms with Gasteiger partial charge in [0.1, 0.15) is 0 Å². The molecule has 3 heteroatoms. The Morgan fingerprint density at radius 3 is 2.50 bits per heavy atom. The van der Waals surface area contributed by atoms with Gasteiger partial charge in [-0.05, 0) is 59.0 Å². The summed E-state index contributed by atoms with van der Waals surface area (Å²) >= 11 is 0. The number of rotatable bonds is 5. The summed E-state index contributed by atoms with van der Waals surface area (Å²) in [5, 5.41) is 0. The summed E-state index contributed by atoms with van der Waals surface area (Å²) in [5.74, 6) is 0. The summed E-state index contributed by atoms with van der Waals surface area (Å²) in [7, 11) is 2.24. The van der Waals surface area contributed by atoms with Crippen LogP contribution in [-0.4, -0.2) is 55.6 Å². The molecule has 1 aliphatic heterocycles. The van der Waals surface area contributed by atoms with Crippen LogP contribution >= 0.6 is 0 Å². The molecule has 3 nitrogen and oxygen atoms in total. The highest BCUT2D eigenvalue weighted by Gasteiger charge is 2.20. The number of piperidine rings is 1. The Bertz CT molecular complexity index is 141. The van der Waals surface area contributed by atoms with Crippen molar-refractivity contribution in [3.8, 4) is 0 Å². The second-order valence-electron chi connectivity index (χ2n) is 4.29. The van der Waals surface area contributed by atoms with Gasteiger partial charge in [0, 0.05) is 6.04 Å². The second kappa shape index (κ2) is 6.38. The summed E-state index contributed by atoms with van der Waals surface area (Å²) in [5.41, 5.74) is 5.52. The van der Waals surface area contributed by atoms with Crippen LogP contribution < -0.4 is 5.73 Å². The largest absolute Gasteiger partial charge is 0.330 e. The minimum Gasteiger partial charge on any atom is -0.330 e. The Morgan fingerprint density at radius 2 is 2.00 bits per heavy atom. The fourth-order valence-corrected chi connectivity index (χ4v) is 2.20. The van der Waals surface area contributed by atoms with Gasteiger partial charge in [-0.3, -0.25) is 0 Å². The first-order valence-electron chi connectivity index (χ1n) is 5.90. The summed E-state index contributed by atoms with van der Waals surface area (Å²) in [6.45, 7) is 7.98. The molecule has 0 amide bonds. The third-order valence-electron chi connectivity index (χ3n) is 3.34. The van der Waals surface area contributed by atoms with Crippen molar-refractivity contribution in [1.82, 2.24) is 9.80 Å². The Balaban J connectivity index is 2.19. The van der Waals surface area contributed by atoms with Crippen LogP contribution in [-0.2, 0) is 0 Å². The Hall–Kier alpha value is -0.120. The minimum atomic E-state index is 0.796. The van der Waals surface area contributed by atoms with Crippen LogP contribution in [0.5, 0.6) is 0 Å². The van der Waals surface area contributed by atoms with Gasteiger partial charge in [-0.15, -0.1) is 0 Å². The third kappa shape index (κ3) is 3.56. The van der Waals surface area contributed by atoms with Crippen molar-refractivity contribution >= 4 is 0 Å². The van der Waals surface area contributed by atoms with Crippen molar-refractivity contribution < 1.29 is 0 Å². The maximum absolute atomic E-state index is 5.52. The highest BCUT2D eigenvalue weighted by atomic mass is 15.2. The van der Waals surface area contributed by atoms with E-state index in [1.54, 1.807) is 0 Å². The molecule has 84 valence electrons. The van der Waals surface area contributed by atoms with Crippen LogP contribution in [0.1, 0.15) is 26.2 Å². The molecule has 0 atom stereocenters. The smallest absolute Gasteiger partial charge is 0.0117 e. The molecule has 0 aromatic heterocycles. The van der Waals surface area contributed by atoms with E-state index in [1.807, 2.05) is 0 Å². The van der Waals surface area contributed by atoms with E-state index in [9.17, 15) is 0 Å². The SMILES string of the molecule is CCN1CCC(N(C)CCCN)CC1. The van der Waals surface area contributed by atoms with Crippen molar-refractivity contribution in [2.45, 2.75) is 32.2 Å². The van der Waals surface area contributed by atoms with Gasteiger partial charge in [0.2, 0.25) is 0 Å². The molecule has 1 fully saturated rings. The van der Waals surface area contributed by atoms with Crippen molar-refractivity contribution in [2.24, 2.45) is 5.73 Å². The molecular weight excluding hydrogens is 174 g/mol. The maximum Gasteiger partial charge on any atom is 0.0117 e. The zero-order valence-corrected chi connectivity index (χ0v) is 9.71. The molecule has 0 aromatic rings. The van der Waals surface area contributed by atoms with Crippen molar-refractivity contribution in [3.63, 3.8) is 0 Å². The molecule has 0 aliphatic carbocycles. The average molecular weight is 199 g/mol. The van der Waals surface area contributed by atoms with Crippen LogP contribution in [0.4, 0.5) is 0 Å². The Labute approximate surface area is 88.2 Å². The molecule has 1 aliphatic rings. The van der Waals surface area contributed by atoms with Crippen LogP contribution in [0.3, 0.4) is 0 Å². The molecule has 0 saturated carbocycles. The van der Waals surface area contributed by atoms with Gasteiger partial charge in [-0.25, -0.2) is 0 Å². The predicted octanol–water partition coefficient (Wildman–Crippen LogP) is 0.751. The third-order valence-corrected chi connectivity index (χ3v) is 3.34. The Kier molecular flexibility index (Phi) is 5.45. The predicted molar refractivity (Wildman–Crippen MR) is 61.4 cm³/mol. The van der Waals surface area contributed by atoms with Gasteiger partial charge in [0.15, 0.2) is 0 Å². The number of hydrogen-bond acceptors (Lipinski definition) is 3. The lowest BCUT2D eigenvalue weighted by Crippen LogP contribution is -2.43. The summed E-state index contributed by atoms with van der Waals surface area (Å²) in [6, 6.07) is 0.796. The highest BCUT2D eigenvalue weighted by molar-refractivity contribution is 4.77. The average Bonchev–Trinajstić information content (AvgIpc) is 2.26. The lowest BCUT2D eigenvalue weighted by molar-refractivity contribution is 0.131. The molecule has 0 bridgehead atoms. The summed E-state index contributed by atoms with van der Waals surface area (Å²) in [6.07, 6.45) is 3.79. The van der Waals surface area contributed by atoms with Gasteiger partial charge >= 0.3 is 0 Å². The maximum atomic E-state index is 5.52. The second-order valence-corrected chi connectivity index (χ2v) is 4.29. The lowest BCUT2D eigenvalue weighted by atomic mass is 10.0. The van der Waals surface area contributed by atoms with Gasteiger partial charge in [-0.1, -0.05) is 6.92 Å². The van der Waals surface area contributed by atoms with E-state index in [-0.39, 0.29) is 0 Å². The molecule has 0 spiro atoms. The topological polar surface area (TPSA) is 32.5 Å². The number of likely N-dealkylation sites (tertiary alicyclic amines) is 1. The van der Waals surface area contributed by atoms with Crippen molar-refractivity contribution in [3.05, 3.63) is 0 Å². The monoisotopic (exact) mass is 199 g/mol. The number of hydrogen-bond donors (Lipinski definition) is 1. The molecule has 1 heterocycles. The quantitative estimate of drug-likeness (QED) is 0.709. The van der Waals surface area contributed by atoms with E-state index in [1.165, 1.54) is 32.5 Å². The molecule has 14 heavy (non-hydrogen) atoms. The molecule has 0 aromatic carbocycles.